The van der Waals surface area contributed by atoms with Crippen LogP contribution in [-0.4, -0.2) is 15.8 Å². The van der Waals surface area contributed by atoms with Crippen molar-refractivity contribution in [3.8, 4) is 0 Å². The SMILES string of the molecule is CCC(CC)C(C)NCc1cnn(C(C)(C)C)c1. The van der Waals surface area contributed by atoms with Gasteiger partial charge in [0, 0.05) is 24.3 Å². The number of hydrogen-bond acceptors (Lipinski definition) is 2. The van der Waals surface area contributed by atoms with Crippen LogP contribution in [0.15, 0.2) is 12.4 Å². The van der Waals surface area contributed by atoms with E-state index in [9.17, 15) is 0 Å². The minimum Gasteiger partial charge on any atom is -0.310 e. The fourth-order valence-electron chi connectivity index (χ4n) is 2.26. The molecule has 0 amide bonds. The van der Waals surface area contributed by atoms with Crippen molar-refractivity contribution in [2.45, 2.75) is 72.5 Å². The largest absolute Gasteiger partial charge is 0.310 e. The van der Waals surface area contributed by atoms with Crippen LogP contribution in [0.1, 0.15) is 59.9 Å². The van der Waals surface area contributed by atoms with Gasteiger partial charge in [-0.3, -0.25) is 4.68 Å². The third-order valence-corrected chi connectivity index (χ3v) is 3.71. The molecule has 0 radical (unpaired) electrons. The zero-order valence-electron chi connectivity index (χ0n) is 12.8. The summed E-state index contributed by atoms with van der Waals surface area (Å²) in [5.74, 6) is 0.766. The lowest BCUT2D eigenvalue weighted by atomic mass is 9.95. The van der Waals surface area contributed by atoms with Crippen molar-refractivity contribution in [2.75, 3.05) is 0 Å². The van der Waals surface area contributed by atoms with Crippen molar-refractivity contribution < 1.29 is 0 Å². The molecule has 1 heterocycles. The summed E-state index contributed by atoms with van der Waals surface area (Å²) in [5, 5.41) is 8.04. The van der Waals surface area contributed by atoms with Crippen LogP contribution in [0, 0.1) is 5.92 Å². The fraction of sp³-hybridized carbons (Fsp3) is 0.800. The van der Waals surface area contributed by atoms with Gasteiger partial charge in [0.2, 0.25) is 0 Å². The molecular formula is C15H29N3. The Hall–Kier alpha value is -0.830. The zero-order chi connectivity index (χ0) is 13.8. The Morgan fingerprint density at radius 1 is 1.28 bits per heavy atom. The van der Waals surface area contributed by atoms with Crippen LogP contribution in [0.5, 0.6) is 0 Å². The molecular weight excluding hydrogens is 222 g/mol. The second kappa shape index (κ2) is 6.37. The highest BCUT2D eigenvalue weighted by Crippen LogP contribution is 2.15. The van der Waals surface area contributed by atoms with Crippen LogP contribution in [-0.2, 0) is 12.1 Å². The maximum Gasteiger partial charge on any atom is 0.0543 e. The minimum absolute atomic E-state index is 0.0687. The average Bonchev–Trinajstić information content (AvgIpc) is 2.76. The first kappa shape index (κ1) is 15.2. The highest BCUT2D eigenvalue weighted by molar-refractivity contribution is 5.05. The molecule has 1 unspecified atom stereocenters. The standard InChI is InChI=1S/C15H29N3/c1-7-14(8-2)12(3)16-9-13-10-17-18(11-13)15(4,5)6/h10-12,14,16H,7-9H2,1-6H3. The fourth-order valence-corrected chi connectivity index (χ4v) is 2.26. The molecule has 1 rings (SSSR count). The molecule has 0 saturated carbocycles. The summed E-state index contributed by atoms with van der Waals surface area (Å²) in [4.78, 5) is 0. The van der Waals surface area contributed by atoms with E-state index in [0.29, 0.717) is 6.04 Å². The summed E-state index contributed by atoms with van der Waals surface area (Å²) in [6.45, 7) is 14.2. The highest BCUT2D eigenvalue weighted by atomic mass is 15.3. The Kier molecular flexibility index (Phi) is 5.39. The topological polar surface area (TPSA) is 29.9 Å². The summed E-state index contributed by atoms with van der Waals surface area (Å²) in [7, 11) is 0. The first-order chi connectivity index (χ1) is 8.38. The number of hydrogen-bond donors (Lipinski definition) is 1. The van der Waals surface area contributed by atoms with E-state index in [2.05, 4.69) is 58.2 Å². The van der Waals surface area contributed by atoms with E-state index in [1.165, 1.54) is 18.4 Å². The van der Waals surface area contributed by atoms with Crippen LogP contribution in [0.2, 0.25) is 0 Å². The number of aromatic nitrogens is 2. The Morgan fingerprint density at radius 2 is 1.89 bits per heavy atom. The van der Waals surface area contributed by atoms with Crippen LogP contribution < -0.4 is 5.32 Å². The predicted molar refractivity (Wildman–Crippen MR) is 77.6 cm³/mol. The van der Waals surface area contributed by atoms with Crippen molar-refractivity contribution >= 4 is 0 Å². The van der Waals surface area contributed by atoms with Gasteiger partial charge in [-0.05, 0) is 33.6 Å². The van der Waals surface area contributed by atoms with Gasteiger partial charge in [0.1, 0.15) is 0 Å². The van der Waals surface area contributed by atoms with Crippen LogP contribution >= 0.6 is 0 Å². The second-order valence-corrected chi connectivity index (χ2v) is 6.21. The van der Waals surface area contributed by atoms with E-state index in [1.807, 2.05) is 10.9 Å². The van der Waals surface area contributed by atoms with Gasteiger partial charge in [0.05, 0.1) is 11.7 Å². The van der Waals surface area contributed by atoms with Crippen LogP contribution in [0.3, 0.4) is 0 Å². The normalized spacial score (nSPS) is 14.2. The van der Waals surface area contributed by atoms with E-state index < -0.39 is 0 Å². The van der Waals surface area contributed by atoms with E-state index in [1.54, 1.807) is 0 Å². The molecule has 0 saturated heterocycles. The van der Waals surface area contributed by atoms with E-state index in [0.717, 1.165) is 12.5 Å². The van der Waals surface area contributed by atoms with Gasteiger partial charge in [0.15, 0.2) is 0 Å². The monoisotopic (exact) mass is 251 g/mol. The Balaban J connectivity index is 2.51. The highest BCUT2D eigenvalue weighted by Gasteiger charge is 2.15. The molecule has 0 bridgehead atoms. The first-order valence-corrected chi connectivity index (χ1v) is 7.15. The van der Waals surface area contributed by atoms with Crippen molar-refractivity contribution in [3.05, 3.63) is 18.0 Å². The Bertz CT molecular complexity index is 345. The van der Waals surface area contributed by atoms with Gasteiger partial charge in [0.25, 0.3) is 0 Å². The molecule has 0 spiro atoms. The molecule has 104 valence electrons. The third kappa shape index (κ3) is 4.13. The molecule has 1 N–H and O–H groups in total. The lowest BCUT2D eigenvalue weighted by Crippen LogP contribution is -2.32. The quantitative estimate of drug-likeness (QED) is 0.838. The summed E-state index contributed by atoms with van der Waals surface area (Å²) in [6, 6.07) is 0.568. The summed E-state index contributed by atoms with van der Waals surface area (Å²) in [6.07, 6.45) is 6.60. The lowest BCUT2D eigenvalue weighted by molar-refractivity contribution is 0.349. The zero-order valence-corrected chi connectivity index (χ0v) is 12.8. The van der Waals surface area contributed by atoms with Crippen molar-refractivity contribution in [1.82, 2.24) is 15.1 Å². The predicted octanol–water partition coefficient (Wildman–Crippen LogP) is 3.55. The maximum absolute atomic E-state index is 4.43. The summed E-state index contributed by atoms with van der Waals surface area (Å²) in [5.41, 5.74) is 1.34. The van der Waals surface area contributed by atoms with E-state index in [4.69, 9.17) is 0 Å². The molecule has 3 nitrogen and oxygen atoms in total. The molecule has 0 aliphatic heterocycles. The minimum atomic E-state index is 0.0687. The maximum atomic E-state index is 4.43. The third-order valence-electron chi connectivity index (χ3n) is 3.71. The van der Waals surface area contributed by atoms with E-state index >= 15 is 0 Å². The molecule has 0 aromatic carbocycles. The molecule has 3 heteroatoms. The molecule has 0 aliphatic rings. The van der Waals surface area contributed by atoms with Crippen molar-refractivity contribution in [1.29, 1.82) is 0 Å². The second-order valence-electron chi connectivity index (χ2n) is 6.21. The Morgan fingerprint density at radius 3 is 2.33 bits per heavy atom. The first-order valence-electron chi connectivity index (χ1n) is 7.15. The van der Waals surface area contributed by atoms with Gasteiger partial charge in [-0.15, -0.1) is 0 Å². The van der Waals surface area contributed by atoms with Crippen LogP contribution in [0.4, 0.5) is 0 Å². The number of rotatable bonds is 6. The van der Waals surface area contributed by atoms with Gasteiger partial charge in [-0.1, -0.05) is 26.7 Å². The molecule has 0 fully saturated rings. The van der Waals surface area contributed by atoms with Crippen LogP contribution in [0.25, 0.3) is 0 Å². The van der Waals surface area contributed by atoms with Crippen molar-refractivity contribution in [2.24, 2.45) is 5.92 Å². The molecule has 1 aromatic heterocycles. The van der Waals surface area contributed by atoms with E-state index in [-0.39, 0.29) is 5.54 Å². The lowest BCUT2D eigenvalue weighted by Gasteiger charge is -2.22. The van der Waals surface area contributed by atoms with Gasteiger partial charge in [-0.25, -0.2) is 0 Å². The molecule has 0 aliphatic carbocycles. The van der Waals surface area contributed by atoms with Gasteiger partial charge in [-0.2, -0.15) is 5.10 Å². The Labute approximate surface area is 112 Å². The number of nitrogens with zero attached hydrogens (tertiary/aromatic N) is 2. The summed E-state index contributed by atoms with van der Waals surface area (Å²) >= 11 is 0. The molecule has 18 heavy (non-hydrogen) atoms. The summed E-state index contributed by atoms with van der Waals surface area (Å²) < 4.78 is 2.03. The van der Waals surface area contributed by atoms with Crippen molar-refractivity contribution in [3.63, 3.8) is 0 Å². The molecule has 1 atom stereocenters. The smallest absolute Gasteiger partial charge is 0.0543 e. The molecule has 1 aromatic rings. The number of nitrogens with one attached hydrogen (secondary N) is 1. The van der Waals surface area contributed by atoms with Gasteiger partial charge < -0.3 is 5.32 Å². The van der Waals surface area contributed by atoms with Gasteiger partial charge >= 0.3 is 0 Å². The average molecular weight is 251 g/mol.